The van der Waals surface area contributed by atoms with Crippen LogP contribution in [-0.2, 0) is 0 Å². The van der Waals surface area contributed by atoms with Crippen molar-refractivity contribution in [3.63, 3.8) is 0 Å². The lowest BCUT2D eigenvalue weighted by Crippen LogP contribution is -2.21. The SMILES string of the molecule is COc1ccc(-c2cnc3[nH]c(=O)n([C@H](C)c4ccccc4)c3n2)c(OC)c1OC. The second-order valence-corrected chi connectivity index (χ2v) is 6.70. The summed E-state index contributed by atoms with van der Waals surface area (Å²) in [6, 6.07) is 13.2. The molecule has 1 N–H and O–H groups in total. The van der Waals surface area contributed by atoms with E-state index in [1.54, 1.807) is 38.2 Å². The average molecular weight is 406 g/mol. The monoisotopic (exact) mass is 406 g/mol. The van der Waals surface area contributed by atoms with Crippen LogP contribution in [0.25, 0.3) is 22.6 Å². The third-order valence-corrected chi connectivity index (χ3v) is 5.08. The lowest BCUT2D eigenvalue weighted by Gasteiger charge is -2.16. The maximum Gasteiger partial charge on any atom is 0.329 e. The highest BCUT2D eigenvalue weighted by Crippen LogP contribution is 2.43. The number of ether oxygens (including phenoxy) is 3. The molecule has 4 aromatic rings. The molecule has 8 nitrogen and oxygen atoms in total. The zero-order valence-electron chi connectivity index (χ0n) is 17.2. The summed E-state index contributed by atoms with van der Waals surface area (Å²) < 4.78 is 18.0. The first-order valence-corrected chi connectivity index (χ1v) is 9.40. The van der Waals surface area contributed by atoms with Gasteiger partial charge >= 0.3 is 5.69 Å². The number of fused-ring (bicyclic) bond motifs is 1. The zero-order chi connectivity index (χ0) is 21.3. The number of H-pyrrole nitrogens is 1. The lowest BCUT2D eigenvalue weighted by molar-refractivity contribution is 0.325. The van der Waals surface area contributed by atoms with Gasteiger partial charge in [-0.2, -0.15) is 0 Å². The van der Waals surface area contributed by atoms with Gasteiger partial charge in [-0.15, -0.1) is 0 Å². The Balaban J connectivity index is 1.90. The maximum absolute atomic E-state index is 12.7. The summed E-state index contributed by atoms with van der Waals surface area (Å²) in [5.74, 6) is 1.48. The summed E-state index contributed by atoms with van der Waals surface area (Å²) in [6.45, 7) is 1.95. The van der Waals surface area contributed by atoms with Crippen LogP contribution >= 0.6 is 0 Å². The van der Waals surface area contributed by atoms with Gasteiger partial charge in [0.05, 0.1) is 39.3 Å². The summed E-state index contributed by atoms with van der Waals surface area (Å²) in [7, 11) is 4.66. The number of hydrogen-bond donors (Lipinski definition) is 1. The second kappa shape index (κ2) is 7.90. The van der Waals surface area contributed by atoms with Crippen molar-refractivity contribution in [3.8, 4) is 28.5 Å². The molecule has 1 atom stereocenters. The van der Waals surface area contributed by atoms with Gasteiger partial charge in [-0.05, 0) is 24.6 Å². The van der Waals surface area contributed by atoms with Gasteiger partial charge in [0, 0.05) is 5.56 Å². The van der Waals surface area contributed by atoms with Crippen molar-refractivity contribution < 1.29 is 14.2 Å². The van der Waals surface area contributed by atoms with E-state index >= 15 is 0 Å². The van der Waals surface area contributed by atoms with Crippen molar-refractivity contribution in [2.45, 2.75) is 13.0 Å². The number of aromatic nitrogens is 4. The van der Waals surface area contributed by atoms with Gasteiger partial charge in [0.15, 0.2) is 22.8 Å². The van der Waals surface area contributed by atoms with Crippen molar-refractivity contribution in [2.24, 2.45) is 0 Å². The van der Waals surface area contributed by atoms with Gasteiger partial charge in [-0.25, -0.2) is 14.8 Å². The molecule has 0 amide bonds. The number of benzene rings is 2. The van der Waals surface area contributed by atoms with Gasteiger partial charge < -0.3 is 14.2 Å². The molecule has 8 heteroatoms. The number of hydrogen-bond acceptors (Lipinski definition) is 6. The Hall–Kier alpha value is -3.81. The minimum Gasteiger partial charge on any atom is -0.493 e. The van der Waals surface area contributed by atoms with Crippen LogP contribution in [0.3, 0.4) is 0 Å². The van der Waals surface area contributed by atoms with E-state index < -0.39 is 0 Å². The summed E-state index contributed by atoms with van der Waals surface area (Å²) in [5.41, 5.74) is 2.84. The van der Waals surface area contributed by atoms with Crippen LogP contribution in [-0.4, -0.2) is 40.8 Å². The second-order valence-electron chi connectivity index (χ2n) is 6.70. The van der Waals surface area contributed by atoms with Crippen molar-refractivity contribution in [3.05, 3.63) is 64.7 Å². The van der Waals surface area contributed by atoms with Crippen LogP contribution in [0.2, 0.25) is 0 Å². The number of imidazole rings is 1. The number of nitrogens with zero attached hydrogens (tertiary/aromatic N) is 3. The molecule has 2 aromatic carbocycles. The third-order valence-electron chi connectivity index (χ3n) is 5.08. The normalized spacial score (nSPS) is 12.0. The van der Waals surface area contributed by atoms with Crippen molar-refractivity contribution in [2.75, 3.05) is 21.3 Å². The molecule has 0 aliphatic rings. The van der Waals surface area contributed by atoms with Crippen LogP contribution in [0, 0.1) is 0 Å². The molecular weight excluding hydrogens is 384 g/mol. The van der Waals surface area contributed by atoms with Gasteiger partial charge in [0.25, 0.3) is 0 Å². The summed E-state index contributed by atoms with van der Waals surface area (Å²) >= 11 is 0. The van der Waals surface area contributed by atoms with E-state index in [1.165, 1.54) is 0 Å². The molecule has 2 aromatic heterocycles. The predicted octanol–water partition coefficient (Wildman–Crippen LogP) is 3.42. The molecule has 30 heavy (non-hydrogen) atoms. The molecule has 0 bridgehead atoms. The first-order chi connectivity index (χ1) is 14.6. The van der Waals surface area contributed by atoms with Crippen molar-refractivity contribution in [1.29, 1.82) is 0 Å². The number of methoxy groups -OCH3 is 3. The largest absolute Gasteiger partial charge is 0.493 e. The molecule has 0 aliphatic carbocycles. The fourth-order valence-electron chi connectivity index (χ4n) is 3.57. The highest BCUT2D eigenvalue weighted by atomic mass is 16.5. The maximum atomic E-state index is 12.7. The van der Waals surface area contributed by atoms with Gasteiger partial charge in [-0.1, -0.05) is 30.3 Å². The Labute approximate surface area is 173 Å². The molecule has 0 aliphatic heterocycles. The molecule has 0 fully saturated rings. The Morgan fingerprint density at radius 2 is 1.70 bits per heavy atom. The van der Waals surface area contributed by atoms with E-state index in [9.17, 15) is 4.79 Å². The molecule has 0 spiro atoms. The van der Waals surface area contributed by atoms with Crippen LogP contribution in [0.4, 0.5) is 0 Å². The van der Waals surface area contributed by atoms with Crippen LogP contribution in [0.1, 0.15) is 18.5 Å². The van der Waals surface area contributed by atoms with E-state index in [4.69, 9.17) is 19.2 Å². The molecule has 154 valence electrons. The average Bonchev–Trinajstić information content (AvgIpc) is 3.12. The van der Waals surface area contributed by atoms with Crippen LogP contribution in [0.15, 0.2) is 53.5 Å². The molecule has 0 saturated heterocycles. The highest BCUT2D eigenvalue weighted by molar-refractivity contribution is 5.77. The topological polar surface area (TPSA) is 91.3 Å². The molecule has 0 radical (unpaired) electrons. The van der Waals surface area contributed by atoms with Crippen molar-refractivity contribution in [1.82, 2.24) is 19.5 Å². The smallest absolute Gasteiger partial charge is 0.329 e. The predicted molar refractivity (Wildman–Crippen MR) is 113 cm³/mol. The molecular formula is C22H22N4O4. The zero-order valence-corrected chi connectivity index (χ0v) is 17.2. The number of rotatable bonds is 6. The Morgan fingerprint density at radius 1 is 0.967 bits per heavy atom. The van der Waals surface area contributed by atoms with Gasteiger partial charge in [0.1, 0.15) is 0 Å². The third kappa shape index (κ3) is 3.16. The first kappa shape index (κ1) is 19.5. The molecule has 2 heterocycles. The fourth-order valence-corrected chi connectivity index (χ4v) is 3.57. The summed E-state index contributed by atoms with van der Waals surface area (Å²) in [5, 5.41) is 0. The van der Waals surface area contributed by atoms with Crippen LogP contribution in [0.5, 0.6) is 17.2 Å². The lowest BCUT2D eigenvalue weighted by atomic mass is 10.1. The van der Waals surface area contributed by atoms with Crippen LogP contribution < -0.4 is 19.9 Å². The number of nitrogens with one attached hydrogen (secondary N) is 1. The van der Waals surface area contributed by atoms with E-state index in [2.05, 4.69) is 9.97 Å². The fraction of sp³-hybridized carbons (Fsp3) is 0.227. The minimum absolute atomic E-state index is 0.218. The van der Waals surface area contributed by atoms with E-state index in [0.717, 1.165) is 5.56 Å². The standard InChI is InChI=1S/C22H22N4O4/c1-13(14-8-6-5-7-9-14)26-21-20(25-22(26)27)23-12-16(24-21)15-10-11-17(28-2)19(30-4)18(15)29-3/h5-13H,1-4H3,(H,23,25,27)/t13-/m1/s1. The Kier molecular flexibility index (Phi) is 5.14. The first-order valence-electron chi connectivity index (χ1n) is 9.40. The summed E-state index contributed by atoms with van der Waals surface area (Å²) in [6.07, 6.45) is 1.60. The summed E-state index contributed by atoms with van der Waals surface area (Å²) in [4.78, 5) is 24.6. The van der Waals surface area contributed by atoms with Gasteiger partial charge in [0.2, 0.25) is 5.75 Å². The molecule has 4 rings (SSSR count). The quantitative estimate of drug-likeness (QED) is 0.528. The number of aromatic amines is 1. The highest BCUT2D eigenvalue weighted by Gasteiger charge is 2.21. The molecule has 0 unspecified atom stereocenters. The van der Waals surface area contributed by atoms with E-state index in [-0.39, 0.29) is 11.7 Å². The van der Waals surface area contributed by atoms with E-state index in [0.29, 0.717) is 39.8 Å². The Morgan fingerprint density at radius 3 is 2.37 bits per heavy atom. The van der Waals surface area contributed by atoms with E-state index in [1.807, 2.05) is 43.3 Å². The van der Waals surface area contributed by atoms with Crippen molar-refractivity contribution >= 4 is 11.3 Å². The van der Waals surface area contributed by atoms with Gasteiger partial charge in [-0.3, -0.25) is 9.55 Å². The molecule has 0 saturated carbocycles. The minimum atomic E-state index is -0.266. The Bertz CT molecular complexity index is 1250.